The van der Waals surface area contributed by atoms with Crippen LogP contribution in [0.2, 0.25) is 0 Å². The first kappa shape index (κ1) is 21.5. The third kappa shape index (κ3) is 9.48. The Labute approximate surface area is 152 Å². The molecule has 1 amide bonds. The molecule has 1 fully saturated rings. The average Bonchev–Trinajstić information content (AvgIpc) is 2.54. The molecule has 0 atom stereocenters. The van der Waals surface area contributed by atoms with Gasteiger partial charge in [0.15, 0.2) is 5.96 Å². The molecule has 3 N–H and O–H groups in total. The number of unbranched alkanes of at least 4 members (excludes halogenated alkanes) is 2. The number of rotatable bonds is 8. The number of nitrogens with zero attached hydrogens (tertiary/aromatic N) is 1. The fourth-order valence-corrected chi connectivity index (χ4v) is 2.68. The Morgan fingerprint density at radius 2 is 1.64 bits per heavy atom. The van der Waals surface area contributed by atoms with Gasteiger partial charge >= 0.3 is 0 Å². The van der Waals surface area contributed by atoms with Gasteiger partial charge in [-0.2, -0.15) is 0 Å². The molecule has 130 valence electrons. The van der Waals surface area contributed by atoms with E-state index in [1.807, 2.05) is 0 Å². The van der Waals surface area contributed by atoms with Crippen molar-refractivity contribution in [2.75, 3.05) is 26.7 Å². The number of nitrogens with one attached hydrogen (secondary N) is 3. The van der Waals surface area contributed by atoms with Gasteiger partial charge in [0.05, 0.1) is 0 Å². The molecule has 1 saturated carbocycles. The molecule has 1 aliphatic carbocycles. The largest absolute Gasteiger partial charge is 0.356 e. The molecule has 1 rings (SSSR count). The van der Waals surface area contributed by atoms with Crippen LogP contribution in [0.3, 0.4) is 0 Å². The number of guanidine groups is 1. The van der Waals surface area contributed by atoms with E-state index in [1.165, 1.54) is 32.1 Å². The molecule has 0 saturated heterocycles. The van der Waals surface area contributed by atoms with Gasteiger partial charge in [-0.1, -0.05) is 39.0 Å². The van der Waals surface area contributed by atoms with E-state index in [-0.39, 0.29) is 35.8 Å². The van der Waals surface area contributed by atoms with Crippen LogP contribution >= 0.6 is 24.0 Å². The molecular weight excluding hydrogens is 391 g/mol. The minimum Gasteiger partial charge on any atom is -0.356 e. The van der Waals surface area contributed by atoms with Gasteiger partial charge < -0.3 is 16.0 Å². The Morgan fingerprint density at radius 3 is 2.27 bits per heavy atom. The summed E-state index contributed by atoms with van der Waals surface area (Å²) in [7, 11) is 1.77. The van der Waals surface area contributed by atoms with Gasteiger partial charge in [0.2, 0.25) is 5.91 Å². The van der Waals surface area contributed by atoms with Crippen LogP contribution in [0.15, 0.2) is 4.99 Å². The van der Waals surface area contributed by atoms with Crippen molar-refractivity contribution in [2.24, 2.45) is 10.9 Å². The molecule has 1 aliphatic rings. The first-order chi connectivity index (χ1) is 10.3. The topological polar surface area (TPSA) is 65.5 Å². The first-order valence-corrected chi connectivity index (χ1v) is 8.50. The maximum atomic E-state index is 12.0. The number of halogens is 1. The van der Waals surface area contributed by atoms with Gasteiger partial charge in [-0.3, -0.25) is 9.79 Å². The Bertz CT molecular complexity index is 317. The molecule has 6 heteroatoms. The number of hydrogen-bond donors (Lipinski definition) is 3. The molecule has 22 heavy (non-hydrogen) atoms. The summed E-state index contributed by atoms with van der Waals surface area (Å²) < 4.78 is 0. The van der Waals surface area contributed by atoms with Crippen LogP contribution < -0.4 is 16.0 Å². The van der Waals surface area contributed by atoms with Gasteiger partial charge in [0.1, 0.15) is 0 Å². The van der Waals surface area contributed by atoms with E-state index in [4.69, 9.17) is 0 Å². The Morgan fingerprint density at radius 1 is 1.00 bits per heavy atom. The molecular formula is C16H33IN4O. The zero-order valence-electron chi connectivity index (χ0n) is 14.1. The van der Waals surface area contributed by atoms with Crippen LogP contribution in [-0.4, -0.2) is 38.5 Å². The van der Waals surface area contributed by atoms with Gasteiger partial charge in [-0.15, -0.1) is 24.0 Å². The van der Waals surface area contributed by atoms with E-state index in [0.29, 0.717) is 13.1 Å². The summed E-state index contributed by atoms with van der Waals surface area (Å²) in [6, 6.07) is 0. The third-order valence-electron chi connectivity index (χ3n) is 3.99. The summed E-state index contributed by atoms with van der Waals surface area (Å²) in [5.41, 5.74) is 0. The summed E-state index contributed by atoms with van der Waals surface area (Å²) >= 11 is 0. The molecule has 5 nitrogen and oxygen atoms in total. The first-order valence-electron chi connectivity index (χ1n) is 8.50. The summed E-state index contributed by atoms with van der Waals surface area (Å²) in [6.45, 7) is 4.51. The van der Waals surface area contributed by atoms with Crippen molar-refractivity contribution in [3.8, 4) is 0 Å². The fraction of sp³-hybridized carbons (Fsp3) is 0.875. The molecule has 0 aromatic carbocycles. The predicted octanol–water partition coefficient (Wildman–Crippen LogP) is 2.66. The van der Waals surface area contributed by atoms with E-state index in [1.54, 1.807) is 7.05 Å². The zero-order valence-corrected chi connectivity index (χ0v) is 16.4. The van der Waals surface area contributed by atoms with Crippen LogP contribution in [0.5, 0.6) is 0 Å². The maximum Gasteiger partial charge on any atom is 0.223 e. The average molecular weight is 424 g/mol. The van der Waals surface area contributed by atoms with Crippen LogP contribution in [-0.2, 0) is 4.79 Å². The highest BCUT2D eigenvalue weighted by molar-refractivity contribution is 14.0. The summed E-state index contributed by atoms with van der Waals surface area (Å²) in [5.74, 6) is 1.28. The number of amides is 1. The van der Waals surface area contributed by atoms with Crippen LogP contribution in [0, 0.1) is 5.92 Å². The van der Waals surface area contributed by atoms with Crippen molar-refractivity contribution in [1.82, 2.24) is 16.0 Å². The van der Waals surface area contributed by atoms with Crippen molar-refractivity contribution in [2.45, 2.75) is 58.3 Å². The summed E-state index contributed by atoms with van der Waals surface area (Å²) in [5, 5.41) is 9.53. The van der Waals surface area contributed by atoms with Gasteiger partial charge in [-0.25, -0.2) is 0 Å². The van der Waals surface area contributed by atoms with Gasteiger partial charge in [0, 0.05) is 32.6 Å². The highest BCUT2D eigenvalue weighted by Crippen LogP contribution is 2.23. The predicted molar refractivity (Wildman–Crippen MR) is 104 cm³/mol. The second-order valence-electron chi connectivity index (χ2n) is 5.76. The number of carbonyl (C=O) groups excluding carboxylic acids is 1. The van der Waals surface area contributed by atoms with Gasteiger partial charge in [-0.05, 0) is 19.3 Å². The molecule has 0 aliphatic heterocycles. The Kier molecular flexibility index (Phi) is 13.7. The lowest BCUT2D eigenvalue weighted by Crippen LogP contribution is -2.42. The van der Waals surface area contributed by atoms with Gasteiger partial charge in [0.25, 0.3) is 0 Å². The van der Waals surface area contributed by atoms with Crippen LogP contribution in [0.4, 0.5) is 0 Å². The zero-order chi connectivity index (χ0) is 15.3. The summed E-state index contributed by atoms with van der Waals surface area (Å²) in [6.07, 6.45) is 9.42. The highest BCUT2D eigenvalue weighted by atomic mass is 127. The molecule has 0 bridgehead atoms. The molecule has 0 spiro atoms. The molecule has 0 radical (unpaired) electrons. The monoisotopic (exact) mass is 424 g/mol. The molecule has 0 heterocycles. The minimum atomic E-state index is 0. The normalized spacial score (nSPS) is 15.8. The highest BCUT2D eigenvalue weighted by Gasteiger charge is 2.20. The van der Waals surface area contributed by atoms with E-state index >= 15 is 0 Å². The van der Waals surface area contributed by atoms with E-state index in [2.05, 4.69) is 27.9 Å². The van der Waals surface area contributed by atoms with E-state index < -0.39 is 0 Å². The van der Waals surface area contributed by atoms with E-state index in [9.17, 15) is 4.79 Å². The van der Waals surface area contributed by atoms with E-state index in [0.717, 1.165) is 31.8 Å². The molecule has 0 aromatic rings. The number of carbonyl (C=O) groups is 1. The molecule has 0 aromatic heterocycles. The minimum absolute atomic E-state index is 0. The Hall–Kier alpha value is -0.530. The number of hydrogen-bond acceptors (Lipinski definition) is 2. The van der Waals surface area contributed by atoms with Crippen LogP contribution in [0.25, 0.3) is 0 Å². The van der Waals surface area contributed by atoms with Crippen molar-refractivity contribution in [1.29, 1.82) is 0 Å². The lowest BCUT2D eigenvalue weighted by molar-refractivity contribution is -0.125. The standard InChI is InChI=1S/C16H32N4O.HI/c1-3-4-8-11-19-16(17-2)20-13-12-18-15(21)14-9-6-5-7-10-14;/h14H,3-13H2,1-2H3,(H,18,21)(H2,17,19,20);1H. The van der Waals surface area contributed by atoms with Crippen molar-refractivity contribution < 1.29 is 4.79 Å². The SMILES string of the molecule is CCCCCNC(=NC)NCCNC(=O)C1CCCCC1.I. The second kappa shape index (κ2) is 14.1. The van der Waals surface area contributed by atoms with Crippen LogP contribution in [0.1, 0.15) is 58.3 Å². The quantitative estimate of drug-likeness (QED) is 0.243. The van der Waals surface area contributed by atoms with Crippen molar-refractivity contribution >= 4 is 35.8 Å². The lowest BCUT2D eigenvalue weighted by atomic mass is 9.89. The van der Waals surface area contributed by atoms with Crippen molar-refractivity contribution in [3.05, 3.63) is 0 Å². The molecule has 0 unspecified atom stereocenters. The lowest BCUT2D eigenvalue weighted by Gasteiger charge is -2.21. The Balaban J connectivity index is 0.00000441. The maximum absolute atomic E-state index is 12.0. The summed E-state index contributed by atoms with van der Waals surface area (Å²) in [4.78, 5) is 16.1. The van der Waals surface area contributed by atoms with Crippen molar-refractivity contribution in [3.63, 3.8) is 0 Å². The number of aliphatic imine (C=N–C) groups is 1. The fourth-order valence-electron chi connectivity index (χ4n) is 2.68. The second-order valence-corrected chi connectivity index (χ2v) is 5.76. The smallest absolute Gasteiger partial charge is 0.223 e. The third-order valence-corrected chi connectivity index (χ3v) is 3.99.